The lowest BCUT2D eigenvalue weighted by Crippen LogP contribution is -2.30. The zero-order valence-corrected chi connectivity index (χ0v) is 37.9. The van der Waals surface area contributed by atoms with Gasteiger partial charge in [-0.15, -0.1) is 0 Å². The van der Waals surface area contributed by atoms with Crippen molar-refractivity contribution in [2.24, 2.45) is 0 Å². The molecule has 0 aromatic carbocycles. The topological polar surface area (TPSA) is 78.9 Å². The summed E-state index contributed by atoms with van der Waals surface area (Å²) < 4.78 is 16.7. The summed E-state index contributed by atoms with van der Waals surface area (Å²) in [6, 6.07) is 0. The van der Waals surface area contributed by atoms with Crippen molar-refractivity contribution in [3.05, 3.63) is 36.5 Å². The molecule has 0 rings (SSSR count). The summed E-state index contributed by atoms with van der Waals surface area (Å²) >= 11 is 0. The van der Waals surface area contributed by atoms with Gasteiger partial charge in [0.1, 0.15) is 13.2 Å². The highest BCUT2D eigenvalue weighted by atomic mass is 16.6. The van der Waals surface area contributed by atoms with Gasteiger partial charge < -0.3 is 14.2 Å². The third kappa shape index (κ3) is 44.6. The molecule has 57 heavy (non-hydrogen) atoms. The molecule has 0 aliphatic rings. The van der Waals surface area contributed by atoms with E-state index in [1.54, 1.807) is 0 Å². The maximum atomic E-state index is 12.7. The minimum Gasteiger partial charge on any atom is -0.462 e. The molecule has 0 amide bonds. The molecular weight excluding hydrogens is 709 g/mol. The Kier molecular flexibility index (Phi) is 44.4. The molecule has 6 heteroatoms. The SMILES string of the molecule is CCCC/C=C\CCCCCCCC(=O)OC[C@@H](COC(=O)CCCCCCCCC/C=C\CCCCCCCC)OC(=O)CCCCCCC/C=C\CCCC. The van der Waals surface area contributed by atoms with Crippen molar-refractivity contribution in [3.63, 3.8) is 0 Å². The first-order chi connectivity index (χ1) is 28.0. The molecule has 0 aromatic heterocycles. The largest absolute Gasteiger partial charge is 0.462 e. The second-order valence-electron chi connectivity index (χ2n) is 16.4. The van der Waals surface area contributed by atoms with Gasteiger partial charge in [0.2, 0.25) is 0 Å². The van der Waals surface area contributed by atoms with E-state index in [9.17, 15) is 14.4 Å². The van der Waals surface area contributed by atoms with E-state index in [2.05, 4.69) is 57.2 Å². The highest BCUT2D eigenvalue weighted by Crippen LogP contribution is 2.14. The number of esters is 3. The van der Waals surface area contributed by atoms with Gasteiger partial charge in [0.05, 0.1) is 0 Å². The van der Waals surface area contributed by atoms with E-state index in [-0.39, 0.29) is 31.1 Å². The minimum atomic E-state index is -0.777. The van der Waals surface area contributed by atoms with E-state index in [0.717, 1.165) is 77.0 Å². The number of hydrogen-bond donors (Lipinski definition) is 0. The molecule has 0 heterocycles. The van der Waals surface area contributed by atoms with E-state index in [1.165, 1.54) is 135 Å². The van der Waals surface area contributed by atoms with Crippen LogP contribution in [-0.4, -0.2) is 37.2 Å². The molecule has 0 saturated carbocycles. The lowest BCUT2D eigenvalue weighted by atomic mass is 10.1. The maximum Gasteiger partial charge on any atom is 0.306 e. The molecular formula is C51H92O6. The molecule has 0 aromatic rings. The first-order valence-corrected chi connectivity index (χ1v) is 24.5. The van der Waals surface area contributed by atoms with Crippen LogP contribution < -0.4 is 0 Å². The molecule has 0 aliphatic carbocycles. The second-order valence-corrected chi connectivity index (χ2v) is 16.4. The number of carbonyl (C=O) groups is 3. The lowest BCUT2D eigenvalue weighted by molar-refractivity contribution is -0.167. The summed E-state index contributed by atoms with van der Waals surface area (Å²) in [7, 11) is 0. The third-order valence-corrected chi connectivity index (χ3v) is 10.6. The first-order valence-electron chi connectivity index (χ1n) is 24.5. The van der Waals surface area contributed by atoms with Crippen LogP contribution >= 0.6 is 0 Å². The lowest BCUT2D eigenvalue weighted by Gasteiger charge is -2.18. The third-order valence-electron chi connectivity index (χ3n) is 10.6. The highest BCUT2D eigenvalue weighted by molar-refractivity contribution is 5.71. The molecule has 0 aliphatic heterocycles. The van der Waals surface area contributed by atoms with Crippen LogP contribution in [0.3, 0.4) is 0 Å². The van der Waals surface area contributed by atoms with Gasteiger partial charge in [0.25, 0.3) is 0 Å². The van der Waals surface area contributed by atoms with Crippen molar-refractivity contribution in [1.82, 2.24) is 0 Å². The summed E-state index contributed by atoms with van der Waals surface area (Å²) in [6.07, 6.45) is 52.7. The maximum absolute atomic E-state index is 12.7. The Morgan fingerprint density at radius 2 is 0.596 bits per heavy atom. The van der Waals surface area contributed by atoms with Crippen LogP contribution in [0.4, 0.5) is 0 Å². The van der Waals surface area contributed by atoms with Crippen LogP contribution in [0.25, 0.3) is 0 Å². The normalized spacial score (nSPS) is 12.3. The molecule has 0 bridgehead atoms. The van der Waals surface area contributed by atoms with E-state index < -0.39 is 6.10 Å². The van der Waals surface area contributed by atoms with Crippen molar-refractivity contribution in [2.45, 2.75) is 258 Å². The van der Waals surface area contributed by atoms with Gasteiger partial charge in [-0.05, 0) is 83.5 Å². The van der Waals surface area contributed by atoms with Gasteiger partial charge in [-0.1, -0.05) is 186 Å². The summed E-state index contributed by atoms with van der Waals surface area (Å²) in [5.74, 6) is -0.900. The van der Waals surface area contributed by atoms with E-state index in [4.69, 9.17) is 14.2 Å². The Labute approximate surface area is 353 Å². The van der Waals surface area contributed by atoms with Crippen LogP contribution in [0, 0.1) is 0 Å². The van der Waals surface area contributed by atoms with E-state index in [0.29, 0.717) is 19.3 Å². The zero-order valence-electron chi connectivity index (χ0n) is 37.9. The Morgan fingerprint density at radius 1 is 0.333 bits per heavy atom. The minimum absolute atomic E-state index is 0.0794. The summed E-state index contributed by atoms with van der Waals surface area (Å²) in [6.45, 7) is 6.54. The standard InChI is InChI=1S/C51H92O6/c1-4-7-10-13-16-19-22-23-24-25-26-27-30-32-35-38-41-44-50(53)56-47-48(57-51(54)45-42-39-36-33-29-21-18-15-12-9-6-3)46-55-49(52)43-40-37-34-31-28-20-17-14-11-8-5-2/h14-15,17-18,23-24,48H,4-13,16,19-22,25-47H2,1-3H3/b17-14-,18-15-,24-23-/t48-/m0/s1. The molecule has 332 valence electrons. The smallest absolute Gasteiger partial charge is 0.306 e. The molecule has 0 radical (unpaired) electrons. The monoisotopic (exact) mass is 801 g/mol. The average molecular weight is 801 g/mol. The van der Waals surface area contributed by atoms with Crippen molar-refractivity contribution in [1.29, 1.82) is 0 Å². The number of ether oxygens (including phenoxy) is 3. The quantitative estimate of drug-likeness (QED) is 0.0264. The number of hydrogen-bond acceptors (Lipinski definition) is 6. The Balaban J connectivity index is 4.33. The van der Waals surface area contributed by atoms with Crippen LogP contribution in [0.5, 0.6) is 0 Å². The van der Waals surface area contributed by atoms with Gasteiger partial charge in [-0.25, -0.2) is 0 Å². The van der Waals surface area contributed by atoms with Gasteiger partial charge in [0, 0.05) is 19.3 Å². The average Bonchev–Trinajstić information content (AvgIpc) is 3.21. The van der Waals surface area contributed by atoms with Crippen LogP contribution in [0.15, 0.2) is 36.5 Å². The molecule has 1 atom stereocenters. The molecule has 0 N–H and O–H groups in total. The molecule has 0 fully saturated rings. The van der Waals surface area contributed by atoms with Crippen LogP contribution in [0.1, 0.15) is 252 Å². The summed E-state index contributed by atoms with van der Waals surface area (Å²) in [5, 5.41) is 0. The summed E-state index contributed by atoms with van der Waals surface area (Å²) in [4.78, 5) is 37.8. The fourth-order valence-electron chi connectivity index (χ4n) is 6.81. The molecule has 0 spiro atoms. The van der Waals surface area contributed by atoms with Crippen molar-refractivity contribution in [2.75, 3.05) is 13.2 Å². The molecule has 6 nitrogen and oxygen atoms in total. The zero-order chi connectivity index (χ0) is 41.5. The predicted octanol–water partition coefficient (Wildman–Crippen LogP) is 15.8. The van der Waals surface area contributed by atoms with Crippen LogP contribution in [0.2, 0.25) is 0 Å². The number of allylic oxidation sites excluding steroid dienone is 6. The predicted molar refractivity (Wildman–Crippen MR) is 242 cm³/mol. The first kappa shape index (κ1) is 54.6. The fourth-order valence-corrected chi connectivity index (χ4v) is 6.81. The molecule has 0 saturated heterocycles. The van der Waals surface area contributed by atoms with Gasteiger partial charge in [-0.3, -0.25) is 14.4 Å². The fraction of sp³-hybridized carbons (Fsp3) is 0.824. The Hall–Kier alpha value is -2.37. The molecule has 0 unspecified atom stereocenters. The summed E-state index contributed by atoms with van der Waals surface area (Å²) in [5.41, 5.74) is 0. The van der Waals surface area contributed by atoms with Crippen LogP contribution in [-0.2, 0) is 28.6 Å². The second kappa shape index (κ2) is 46.3. The van der Waals surface area contributed by atoms with Gasteiger partial charge >= 0.3 is 17.9 Å². The number of carbonyl (C=O) groups excluding carboxylic acids is 3. The number of unbranched alkanes of at least 4 members (excludes halogenated alkanes) is 27. The highest BCUT2D eigenvalue weighted by Gasteiger charge is 2.19. The van der Waals surface area contributed by atoms with Crippen molar-refractivity contribution in [3.8, 4) is 0 Å². The number of rotatable bonds is 44. The van der Waals surface area contributed by atoms with Crippen molar-refractivity contribution < 1.29 is 28.6 Å². The van der Waals surface area contributed by atoms with E-state index in [1.807, 2.05) is 0 Å². The van der Waals surface area contributed by atoms with Crippen molar-refractivity contribution >= 4 is 17.9 Å². The van der Waals surface area contributed by atoms with Gasteiger partial charge in [0.15, 0.2) is 6.10 Å². The Bertz CT molecular complexity index is 969. The Morgan fingerprint density at radius 3 is 0.930 bits per heavy atom. The van der Waals surface area contributed by atoms with Gasteiger partial charge in [-0.2, -0.15) is 0 Å². The van der Waals surface area contributed by atoms with E-state index >= 15 is 0 Å².